The minimum absolute atomic E-state index is 0.354. The summed E-state index contributed by atoms with van der Waals surface area (Å²) < 4.78 is 0. The van der Waals surface area contributed by atoms with Crippen LogP contribution >= 0.6 is 0 Å². The van der Waals surface area contributed by atoms with E-state index in [1.165, 1.54) is 0 Å². The van der Waals surface area contributed by atoms with E-state index in [9.17, 15) is 0 Å². The van der Waals surface area contributed by atoms with Crippen LogP contribution in [0.3, 0.4) is 0 Å². The lowest BCUT2D eigenvalue weighted by atomic mass is 9.91. The van der Waals surface area contributed by atoms with Gasteiger partial charge in [-0.15, -0.1) is 12.3 Å². The Morgan fingerprint density at radius 2 is 2.00 bits per heavy atom. The lowest BCUT2D eigenvalue weighted by Gasteiger charge is -2.14. The molecule has 0 unspecified atom stereocenters. The van der Waals surface area contributed by atoms with Gasteiger partial charge in [0.25, 0.3) is 0 Å². The molecule has 0 aromatic carbocycles. The maximum absolute atomic E-state index is 5.03. The van der Waals surface area contributed by atoms with Crippen molar-refractivity contribution in [3.8, 4) is 12.3 Å². The van der Waals surface area contributed by atoms with Crippen molar-refractivity contribution in [3.05, 3.63) is 6.42 Å². The Morgan fingerprint density at radius 3 is 2.12 bits per heavy atom. The molecule has 0 saturated carbocycles. The predicted molar refractivity (Wildman–Crippen MR) is 37.2 cm³/mol. The van der Waals surface area contributed by atoms with Crippen molar-refractivity contribution >= 4 is 0 Å². The molecule has 0 aliphatic heterocycles. The Kier molecular flexibility index (Phi) is 2.62. The predicted octanol–water partition coefficient (Wildman–Crippen LogP) is 2.26. The van der Waals surface area contributed by atoms with Crippen molar-refractivity contribution in [2.24, 2.45) is 5.41 Å². The van der Waals surface area contributed by atoms with Crippen molar-refractivity contribution in [2.75, 3.05) is 0 Å². The van der Waals surface area contributed by atoms with Gasteiger partial charge in [0, 0.05) is 6.42 Å². The monoisotopic (exact) mass is 109 g/mol. The normalized spacial score (nSPS) is 10.8. The van der Waals surface area contributed by atoms with Crippen molar-refractivity contribution in [3.63, 3.8) is 0 Å². The fourth-order valence-electron chi connectivity index (χ4n) is 0.365. The molecule has 8 heavy (non-hydrogen) atoms. The third-order valence-electron chi connectivity index (χ3n) is 0.832. The molecule has 0 nitrogen and oxygen atoms in total. The molecule has 0 spiro atoms. The molecule has 0 aromatic rings. The van der Waals surface area contributed by atoms with Gasteiger partial charge in [-0.25, -0.2) is 0 Å². The Morgan fingerprint density at radius 1 is 1.50 bits per heavy atom. The maximum atomic E-state index is 5.03. The van der Waals surface area contributed by atoms with Gasteiger partial charge in [-0.2, -0.15) is 0 Å². The molecule has 0 atom stereocenters. The zero-order valence-electron chi connectivity index (χ0n) is 5.86. The fraction of sp³-hybridized carbons (Fsp3) is 0.625. The summed E-state index contributed by atoms with van der Waals surface area (Å²) in [6, 6.07) is 0. The van der Waals surface area contributed by atoms with E-state index in [0.717, 1.165) is 6.42 Å². The van der Waals surface area contributed by atoms with Crippen LogP contribution in [0.1, 0.15) is 27.2 Å². The summed E-state index contributed by atoms with van der Waals surface area (Å²) in [6.45, 7) is 6.50. The lowest BCUT2D eigenvalue weighted by molar-refractivity contribution is 0.412. The minimum atomic E-state index is 0.354. The van der Waals surface area contributed by atoms with Gasteiger partial charge in [0.15, 0.2) is 0 Å². The van der Waals surface area contributed by atoms with E-state index in [-0.39, 0.29) is 0 Å². The first-order valence-electron chi connectivity index (χ1n) is 2.84. The van der Waals surface area contributed by atoms with Gasteiger partial charge >= 0.3 is 0 Å². The van der Waals surface area contributed by atoms with Crippen molar-refractivity contribution in [1.29, 1.82) is 0 Å². The molecule has 45 valence electrons. The van der Waals surface area contributed by atoms with Gasteiger partial charge < -0.3 is 0 Å². The van der Waals surface area contributed by atoms with E-state index in [1.54, 1.807) is 0 Å². The van der Waals surface area contributed by atoms with Gasteiger partial charge in [-0.3, -0.25) is 0 Å². The summed E-state index contributed by atoms with van der Waals surface area (Å²) in [5.41, 5.74) is 0.354. The zero-order valence-corrected chi connectivity index (χ0v) is 5.86. The Labute approximate surface area is 52.3 Å². The molecule has 0 N–H and O–H groups in total. The summed E-state index contributed by atoms with van der Waals surface area (Å²) in [5.74, 6) is 2.50. The van der Waals surface area contributed by atoms with E-state index in [2.05, 4.69) is 26.7 Å². The average Bonchev–Trinajstić information content (AvgIpc) is 1.59. The lowest BCUT2D eigenvalue weighted by Crippen LogP contribution is -2.03. The van der Waals surface area contributed by atoms with Crippen LogP contribution in [0.15, 0.2) is 0 Å². The number of terminal acetylenes is 1. The summed E-state index contributed by atoms with van der Waals surface area (Å²) >= 11 is 0. The van der Waals surface area contributed by atoms with E-state index >= 15 is 0 Å². The Bertz CT molecular complexity index is 87.6. The van der Waals surface area contributed by atoms with Gasteiger partial charge in [-0.1, -0.05) is 20.8 Å². The molecule has 0 heteroatoms. The van der Waals surface area contributed by atoms with Crippen LogP contribution in [-0.2, 0) is 0 Å². The topological polar surface area (TPSA) is 0 Å². The molecule has 0 aliphatic rings. The Hall–Kier alpha value is -0.440. The van der Waals surface area contributed by atoms with E-state index < -0.39 is 0 Å². The largest absolute Gasteiger partial charge is 0.120 e. The highest BCUT2D eigenvalue weighted by Crippen LogP contribution is 2.18. The molecule has 0 aliphatic carbocycles. The Balaban J connectivity index is 3.28. The van der Waals surface area contributed by atoms with Crippen LogP contribution in [0, 0.1) is 24.2 Å². The molecule has 0 bridgehead atoms. The summed E-state index contributed by atoms with van der Waals surface area (Å²) in [4.78, 5) is 0. The second-order valence-corrected chi connectivity index (χ2v) is 3.14. The average molecular weight is 109 g/mol. The highest BCUT2D eigenvalue weighted by molar-refractivity contribution is 5.01. The molecule has 0 fully saturated rings. The van der Waals surface area contributed by atoms with Crippen molar-refractivity contribution in [1.82, 2.24) is 0 Å². The third-order valence-corrected chi connectivity index (χ3v) is 0.832. The molecule has 0 rings (SSSR count). The van der Waals surface area contributed by atoms with Gasteiger partial charge in [0.05, 0.1) is 0 Å². The van der Waals surface area contributed by atoms with Crippen LogP contribution in [-0.4, -0.2) is 0 Å². The summed E-state index contributed by atoms with van der Waals surface area (Å²) in [7, 11) is 0. The van der Waals surface area contributed by atoms with E-state index in [1.807, 2.05) is 6.42 Å². The number of hydrogen-bond acceptors (Lipinski definition) is 0. The zero-order chi connectivity index (χ0) is 6.62. The van der Waals surface area contributed by atoms with Crippen molar-refractivity contribution < 1.29 is 0 Å². The quantitative estimate of drug-likeness (QED) is 0.453. The first-order chi connectivity index (χ1) is 3.56. The van der Waals surface area contributed by atoms with Crippen LogP contribution in [0.4, 0.5) is 0 Å². The second-order valence-electron chi connectivity index (χ2n) is 3.14. The number of hydrogen-bond donors (Lipinski definition) is 0. The van der Waals surface area contributed by atoms with Crippen LogP contribution < -0.4 is 0 Å². The SMILES string of the molecule is C#C[CH]CC(C)(C)C. The first-order valence-corrected chi connectivity index (χ1v) is 2.84. The van der Waals surface area contributed by atoms with Crippen LogP contribution in [0.25, 0.3) is 0 Å². The smallest absolute Gasteiger partial charge is 0.0343 e. The van der Waals surface area contributed by atoms with Gasteiger partial charge in [0.1, 0.15) is 0 Å². The van der Waals surface area contributed by atoms with Gasteiger partial charge in [-0.05, 0) is 11.8 Å². The molecular formula is C8H13. The summed E-state index contributed by atoms with van der Waals surface area (Å²) in [5, 5.41) is 0. The molecule has 1 radical (unpaired) electrons. The van der Waals surface area contributed by atoms with Crippen LogP contribution in [0.2, 0.25) is 0 Å². The molecule has 0 aromatic heterocycles. The maximum Gasteiger partial charge on any atom is 0.0343 e. The van der Waals surface area contributed by atoms with Crippen LogP contribution in [0.5, 0.6) is 0 Å². The van der Waals surface area contributed by atoms with E-state index in [0.29, 0.717) is 5.41 Å². The standard InChI is InChI=1S/C8H13/c1-5-6-7-8(2,3)4/h1,6H,7H2,2-4H3. The second kappa shape index (κ2) is 2.77. The molecule has 0 saturated heterocycles. The highest BCUT2D eigenvalue weighted by Gasteiger charge is 2.07. The minimum Gasteiger partial charge on any atom is -0.120 e. The third kappa shape index (κ3) is 5.56. The fourth-order valence-corrected chi connectivity index (χ4v) is 0.365. The van der Waals surface area contributed by atoms with Gasteiger partial charge in [0.2, 0.25) is 0 Å². The highest BCUT2D eigenvalue weighted by atomic mass is 14.1. The molecule has 0 amide bonds. The molecular weight excluding hydrogens is 96.1 g/mol. The first kappa shape index (κ1) is 7.56. The summed E-state index contributed by atoms with van der Waals surface area (Å²) in [6.07, 6.45) is 7.89. The van der Waals surface area contributed by atoms with E-state index in [4.69, 9.17) is 6.42 Å². The molecule has 0 heterocycles. The number of rotatable bonds is 1. The van der Waals surface area contributed by atoms with Crippen molar-refractivity contribution in [2.45, 2.75) is 27.2 Å².